The van der Waals surface area contributed by atoms with Gasteiger partial charge in [-0.15, -0.1) is 0 Å². The lowest BCUT2D eigenvalue weighted by molar-refractivity contribution is -0.122. The lowest BCUT2D eigenvalue weighted by Gasteiger charge is -2.32. The summed E-state index contributed by atoms with van der Waals surface area (Å²) in [6.45, 7) is 4.13. The van der Waals surface area contributed by atoms with Crippen LogP contribution in [0.1, 0.15) is 6.42 Å². The number of aromatic nitrogens is 2. The van der Waals surface area contributed by atoms with Crippen LogP contribution in [0.15, 0.2) is 42.7 Å². The third-order valence-electron chi connectivity index (χ3n) is 5.26. The molecule has 146 valence electrons. The Morgan fingerprint density at radius 3 is 2.43 bits per heavy atom. The van der Waals surface area contributed by atoms with Gasteiger partial charge in [0.05, 0.1) is 24.0 Å². The number of nitrogens with one attached hydrogen (secondary N) is 1. The zero-order chi connectivity index (χ0) is 19.5. The monoisotopic (exact) mass is 380 g/mol. The van der Waals surface area contributed by atoms with Crippen LogP contribution >= 0.6 is 0 Å². The Kier molecular flexibility index (Phi) is 5.21. The molecule has 0 spiro atoms. The number of hydrogen-bond acceptors (Lipinski definition) is 6. The molecule has 0 saturated carbocycles. The summed E-state index contributed by atoms with van der Waals surface area (Å²) in [5, 5.41) is 2.84. The minimum absolute atomic E-state index is 0.0342. The number of para-hydroxylation sites is 1. The molecule has 2 saturated heterocycles. The normalized spacial score (nSPS) is 20.5. The number of likely N-dealkylation sites (N-methyl/N-ethyl adjacent to an activating group) is 1. The van der Waals surface area contributed by atoms with Crippen LogP contribution in [0.4, 0.5) is 17.3 Å². The fourth-order valence-electron chi connectivity index (χ4n) is 3.54. The maximum atomic E-state index is 12.6. The molecule has 0 bridgehead atoms. The molecular formula is C20H24N6O2. The van der Waals surface area contributed by atoms with E-state index in [2.05, 4.69) is 32.1 Å². The first kappa shape index (κ1) is 18.4. The molecule has 2 aliphatic heterocycles. The molecular weight excluding hydrogens is 356 g/mol. The van der Waals surface area contributed by atoms with Gasteiger partial charge in [0, 0.05) is 44.8 Å². The molecule has 4 rings (SSSR count). The van der Waals surface area contributed by atoms with Gasteiger partial charge < -0.3 is 20.0 Å². The molecule has 2 aliphatic rings. The van der Waals surface area contributed by atoms with Gasteiger partial charge >= 0.3 is 0 Å². The number of piperazine rings is 1. The average molecular weight is 380 g/mol. The minimum atomic E-state index is -0.384. The summed E-state index contributed by atoms with van der Waals surface area (Å²) in [7, 11) is 2.10. The second-order valence-corrected chi connectivity index (χ2v) is 7.29. The third-order valence-corrected chi connectivity index (χ3v) is 5.26. The van der Waals surface area contributed by atoms with Crippen molar-refractivity contribution in [3.8, 4) is 0 Å². The lowest BCUT2D eigenvalue weighted by atomic mass is 10.1. The first-order chi connectivity index (χ1) is 13.6. The number of hydrogen-bond donors (Lipinski definition) is 1. The predicted molar refractivity (Wildman–Crippen MR) is 107 cm³/mol. The SMILES string of the molecule is CN1CCN(c2ncc(NC(=O)C3CC(=O)N(c4ccccc4)C3)cn2)CC1. The van der Waals surface area contributed by atoms with Crippen LogP contribution in [0.3, 0.4) is 0 Å². The van der Waals surface area contributed by atoms with E-state index in [1.54, 1.807) is 17.3 Å². The highest BCUT2D eigenvalue weighted by Crippen LogP contribution is 2.25. The van der Waals surface area contributed by atoms with Crippen LogP contribution in [0.25, 0.3) is 0 Å². The van der Waals surface area contributed by atoms with Crippen molar-refractivity contribution in [3.05, 3.63) is 42.7 Å². The number of carbonyl (C=O) groups excluding carboxylic acids is 2. The van der Waals surface area contributed by atoms with E-state index >= 15 is 0 Å². The lowest BCUT2D eigenvalue weighted by Crippen LogP contribution is -2.45. The first-order valence-corrected chi connectivity index (χ1v) is 9.52. The van der Waals surface area contributed by atoms with E-state index in [0.717, 1.165) is 31.9 Å². The van der Waals surface area contributed by atoms with E-state index in [1.807, 2.05) is 30.3 Å². The van der Waals surface area contributed by atoms with Crippen LogP contribution in [0.2, 0.25) is 0 Å². The van der Waals surface area contributed by atoms with E-state index < -0.39 is 0 Å². The highest BCUT2D eigenvalue weighted by atomic mass is 16.2. The van der Waals surface area contributed by atoms with Gasteiger partial charge in [0.25, 0.3) is 0 Å². The van der Waals surface area contributed by atoms with Crippen molar-refractivity contribution in [3.63, 3.8) is 0 Å². The molecule has 1 atom stereocenters. The van der Waals surface area contributed by atoms with Crippen LogP contribution in [0.5, 0.6) is 0 Å². The van der Waals surface area contributed by atoms with Gasteiger partial charge in [-0.1, -0.05) is 18.2 Å². The summed E-state index contributed by atoms with van der Waals surface area (Å²) in [6, 6.07) is 9.43. The van der Waals surface area contributed by atoms with Crippen LogP contribution in [-0.2, 0) is 9.59 Å². The highest BCUT2D eigenvalue weighted by Gasteiger charge is 2.35. The quantitative estimate of drug-likeness (QED) is 0.859. The van der Waals surface area contributed by atoms with Gasteiger partial charge in [-0.2, -0.15) is 0 Å². The predicted octanol–water partition coefficient (Wildman–Crippen LogP) is 1.22. The number of amides is 2. The first-order valence-electron chi connectivity index (χ1n) is 9.52. The van der Waals surface area contributed by atoms with Crippen molar-refractivity contribution in [2.45, 2.75) is 6.42 Å². The summed E-state index contributed by atoms with van der Waals surface area (Å²) >= 11 is 0. The van der Waals surface area contributed by atoms with Crippen LogP contribution in [0, 0.1) is 5.92 Å². The number of carbonyl (C=O) groups is 2. The highest BCUT2D eigenvalue weighted by molar-refractivity contribution is 6.03. The number of benzene rings is 1. The zero-order valence-electron chi connectivity index (χ0n) is 15.9. The van der Waals surface area contributed by atoms with E-state index in [-0.39, 0.29) is 24.2 Å². The van der Waals surface area contributed by atoms with E-state index in [4.69, 9.17) is 0 Å². The zero-order valence-corrected chi connectivity index (χ0v) is 15.9. The molecule has 3 heterocycles. The third kappa shape index (κ3) is 3.96. The van der Waals surface area contributed by atoms with Crippen molar-refractivity contribution in [1.29, 1.82) is 0 Å². The standard InChI is InChI=1S/C20H24N6O2/c1-24-7-9-25(10-8-24)20-21-12-16(13-22-20)23-19(28)15-11-18(27)26(14-15)17-5-3-2-4-6-17/h2-6,12-13,15H,7-11,14H2,1H3,(H,23,28). The van der Waals surface area contributed by atoms with E-state index in [0.29, 0.717) is 18.2 Å². The Morgan fingerprint density at radius 1 is 1.07 bits per heavy atom. The molecule has 1 N–H and O–H groups in total. The Balaban J connectivity index is 1.35. The maximum Gasteiger partial charge on any atom is 0.229 e. The van der Waals surface area contributed by atoms with Crippen LogP contribution < -0.4 is 15.1 Å². The molecule has 2 amide bonds. The average Bonchev–Trinajstić information content (AvgIpc) is 3.12. The fourth-order valence-corrected chi connectivity index (χ4v) is 3.54. The molecule has 28 heavy (non-hydrogen) atoms. The summed E-state index contributed by atoms with van der Waals surface area (Å²) in [5.41, 5.74) is 1.37. The molecule has 1 aromatic heterocycles. The summed E-state index contributed by atoms with van der Waals surface area (Å²) < 4.78 is 0. The largest absolute Gasteiger partial charge is 0.338 e. The van der Waals surface area contributed by atoms with Crippen molar-refractivity contribution >= 4 is 29.1 Å². The van der Waals surface area contributed by atoms with Crippen molar-refractivity contribution < 1.29 is 9.59 Å². The molecule has 0 aliphatic carbocycles. The second kappa shape index (κ2) is 7.93. The Bertz CT molecular complexity index is 834. The van der Waals surface area contributed by atoms with Crippen molar-refractivity contribution in [2.24, 2.45) is 5.92 Å². The fraction of sp³-hybridized carbons (Fsp3) is 0.400. The van der Waals surface area contributed by atoms with Gasteiger partial charge in [0.15, 0.2) is 0 Å². The summed E-state index contributed by atoms with van der Waals surface area (Å²) in [5.74, 6) is 0.0816. The second-order valence-electron chi connectivity index (χ2n) is 7.29. The molecule has 1 unspecified atom stereocenters. The number of rotatable bonds is 4. The topological polar surface area (TPSA) is 81.7 Å². The Labute approximate surface area is 164 Å². The summed E-state index contributed by atoms with van der Waals surface area (Å²) in [6.07, 6.45) is 3.47. The van der Waals surface area contributed by atoms with Crippen LogP contribution in [-0.4, -0.2) is 66.5 Å². The van der Waals surface area contributed by atoms with E-state index in [1.165, 1.54) is 0 Å². The molecule has 8 nitrogen and oxygen atoms in total. The van der Waals surface area contributed by atoms with Gasteiger partial charge in [0.2, 0.25) is 17.8 Å². The molecule has 1 aromatic carbocycles. The van der Waals surface area contributed by atoms with Crippen molar-refractivity contribution in [2.75, 3.05) is 54.9 Å². The summed E-state index contributed by atoms with van der Waals surface area (Å²) in [4.78, 5) is 39.7. The molecule has 0 radical (unpaired) electrons. The van der Waals surface area contributed by atoms with Gasteiger partial charge in [-0.3, -0.25) is 9.59 Å². The van der Waals surface area contributed by atoms with Gasteiger partial charge in [-0.25, -0.2) is 9.97 Å². The maximum absolute atomic E-state index is 12.6. The van der Waals surface area contributed by atoms with E-state index in [9.17, 15) is 9.59 Å². The Hall–Kier alpha value is -3.00. The molecule has 2 aromatic rings. The Morgan fingerprint density at radius 2 is 1.75 bits per heavy atom. The molecule has 8 heteroatoms. The van der Waals surface area contributed by atoms with Gasteiger partial charge in [-0.05, 0) is 19.2 Å². The minimum Gasteiger partial charge on any atom is -0.338 e. The van der Waals surface area contributed by atoms with Crippen molar-refractivity contribution in [1.82, 2.24) is 14.9 Å². The van der Waals surface area contributed by atoms with Gasteiger partial charge in [0.1, 0.15) is 0 Å². The number of nitrogens with zero attached hydrogens (tertiary/aromatic N) is 5. The number of anilines is 3. The molecule has 2 fully saturated rings. The smallest absolute Gasteiger partial charge is 0.229 e.